The fourth-order valence-electron chi connectivity index (χ4n) is 13.3. The summed E-state index contributed by atoms with van der Waals surface area (Å²) in [6, 6.07) is 66.7. The third-order valence-corrected chi connectivity index (χ3v) is 16.5. The van der Waals surface area contributed by atoms with Crippen LogP contribution < -0.4 is 16.3 Å². The van der Waals surface area contributed by atoms with Crippen LogP contribution in [0.3, 0.4) is 0 Å². The molecule has 330 valence electrons. The Morgan fingerprint density at radius 3 is 1.59 bits per heavy atom. The lowest BCUT2D eigenvalue weighted by Crippen LogP contribution is -2.34. The molecule has 1 aliphatic heterocycles. The van der Waals surface area contributed by atoms with Gasteiger partial charge in [0.1, 0.15) is 5.49 Å². The van der Waals surface area contributed by atoms with Gasteiger partial charge in [-0.1, -0.05) is 171 Å². The summed E-state index contributed by atoms with van der Waals surface area (Å²) in [5.74, 6) is 0.177. The zero-order valence-corrected chi connectivity index (χ0v) is 38.9. The third-order valence-electron chi connectivity index (χ3n) is 16.5. The lowest BCUT2D eigenvalue weighted by Gasteiger charge is -2.29. The predicted molar refractivity (Wildman–Crippen MR) is 300 cm³/mol. The van der Waals surface area contributed by atoms with Crippen LogP contribution in [-0.4, -0.2) is 4.57 Å². The summed E-state index contributed by atoms with van der Waals surface area (Å²) in [6.45, 7) is 7.54. The van der Waals surface area contributed by atoms with Crippen molar-refractivity contribution < 1.29 is 0 Å². The lowest BCUT2D eigenvalue weighted by molar-refractivity contribution is 0.644. The molecule has 1 aliphatic carbocycles. The van der Waals surface area contributed by atoms with Gasteiger partial charge in [-0.3, -0.25) is 9.36 Å². The van der Waals surface area contributed by atoms with Crippen molar-refractivity contribution in [3.05, 3.63) is 244 Å². The molecule has 0 spiro atoms. The minimum atomic E-state index is -0.0565. The molecule has 2 aliphatic rings. The summed E-state index contributed by atoms with van der Waals surface area (Å²) < 4.78 is 1.89. The highest BCUT2D eigenvalue weighted by molar-refractivity contribution is 6.26. The standard InChI is InChI=1S/C68H42N2O/c1-37-53-26-25-44-12-5-11-43-19-24-50(65(53)62(43)44)36-58(37)45-29-30-70-67(69-38(2)59(35-45)52-33-48-22-17-41-9-4-10-42-18-23-49(34-52)64(48)61(41)42)56-28-27-54(55-13-6-14-57(66(55)56)68(70)71)51-31-46-20-15-39-7-3-8-40-16-21-47(32-51)63(46)60(39)40/h3-29,31-37,58H,2,30H2,1H3/b45-29+,59-35?,69-67?. The Morgan fingerprint density at radius 2 is 0.986 bits per heavy atom. The zero-order valence-electron chi connectivity index (χ0n) is 38.9. The van der Waals surface area contributed by atoms with Crippen molar-refractivity contribution in [2.24, 2.45) is 10.9 Å². The highest BCUT2D eigenvalue weighted by Gasteiger charge is 2.28. The van der Waals surface area contributed by atoms with Crippen LogP contribution in [0.25, 0.3) is 131 Å². The van der Waals surface area contributed by atoms with Crippen LogP contribution >= 0.6 is 0 Å². The molecule has 0 N–H and O–H groups in total. The van der Waals surface area contributed by atoms with Gasteiger partial charge in [-0.05, 0) is 173 Å². The van der Waals surface area contributed by atoms with E-state index in [1.165, 1.54) is 97.0 Å². The molecule has 16 rings (SSSR count). The SMILES string of the molecule is C=C1N=c2c3ccc(-c4cc5ccc6cccc7ccc(c4)c5c67)c4cccc(c(=O)n2C/C=C(/C2C=c5ccc6cccc7ccc(c5c76)C2C)C=C1c1cc2ccc5cccc6ccc(c1)c2c56)c43. The van der Waals surface area contributed by atoms with Gasteiger partial charge in [0.2, 0.25) is 0 Å². The largest absolute Gasteiger partial charge is 0.288 e. The Balaban J connectivity index is 0.935. The Labute approximate surface area is 407 Å². The molecule has 14 aromatic rings. The van der Waals surface area contributed by atoms with Gasteiger partial charge in [0.25, 0.3) is 5.56 Å². The van der Waals surface area contributed by atoms with E-state index in [0.29, 0.717) is 23.1 Å². The van der Waals surface area contributed by atoms with Crippen LogP contribution in [0.1, 0.15) is 24.0 Å². The molecule has 0 amide bonds. The second-order valence-corrected chi connectivity index (χ2v) is 20.2. The van der Waals surface area contributed by atoms with Crippen molar-refractivity contribution in [2.45, 2.75) is 19.4 Å². The first-order chi connectivity index (χ1) is 34.9. The predicted octanol–water partition coefficient (Wildman–Crippen LogP) is 15.7. The number of pyridine rings is 1. The molecular weight excluding hydrogens is 861 g/mol. The molecule has 3 nitrogen and oxygen atoms in total. The maximum absolute atomic E-state index is 15.3. The number of aromatic nitrogens is 1. The molecule has 2 heterocycles. The van der Waals surface area contributed by atoms with Gasteiger partial charge in [0, 0.05) is 34.2 Å². The smallest absolute Gasteiger partial charge is 0.260 e. The summed E-state index contributed by atoms with van der Waals surface area (Å²) in [7, 11) is 0. The Kier molecular flexibility index (Phi) is 7.74. The average molecular weight is 903 g/mol. The molecule has 1 aromatic heterocycles. The normalized spacial score (nSPS) is 17.1. The van der Waals surface area contributed by atoms with Gasteiger partial charge in [0.05, 0.1) is 5.70 Å². The van der Waals surface area contributed by atoms with E-state index in [1.807, 2.05) is 16.7 Å². The molecule has 0 radical (unpaired) electrons. The molecule has 0 saturated carbocycles. The molecule has 0 fully saturated rings. The van der Waals surface area contributed by atoms with Crippen molar-refractivity contribution in [3.8, 4) is 11.1 Å². The zero-order chi connectivity index (χ0) is 46.8. The molecule has 71 heavy (non-hydrogen) atoms. The summed E-state index contributed by atoms with van der Waals surface area (Å²) in [4.78, 5) is 20.9. The number of nitrogens with zero attached hydrogens (tertiary/aromatic N) is 2. The van der Waals surface area contributed by atoms with E-state index in [2.05, 4.69) is 195 Å². The van der Waals surface area contributed by atoms with Crippen molar-refractivity contribution in [2.75, 3.05) is 0 Å². The second-order valence-electron chi connectivity index (χ2n) is 20.2. The Bertz CT molecular complexity index is 4830. The first-order valence-corrected chi connectivity index (χ1v) is 24.8. The van der Waals surface area contributed by atoms with Gasteiger partial charge < -0.3 is 0 Å². The molecule has 13 aromatic carbocycles. The van der Waals surface area contributed by atoms with E-state index in [4.69, 9.17) is 11.6 Å². The molecule has 0 saturated heterocycles. The van der Waals surface area contributed by atoms with Crippen LogP contribution in [-0.2, 0) is 6.54 Å². The van der Waals surface area contributed by atoms with Crippen molar-refractivity contribution in [1.29, 1.82) is 0 Å². The van der Waals surface area contributed by atoms with Crippen LogP contribution in [0.15, 0.2) is 222 Å². The minimum absolute atomic E-state index is 0.0178. The average Bonchev–Trinajstić information content (AvgIpc) is 3.48. The van der Waals surface area contributed by atoms with E-state index < -0.39 is 0 Å². The topological polar surface area (TPSA) is 34.4 Å². The lowest BCUT2D eigenvalue weighted by atomic mass is 9.74. The van der Waals surface area contributed by atoms with E-state index in [9.17, 15) is 0 Å². The van der Waals surface area contributed by atoms with Gasteiger partial charge in [-0.2, -0.15) is 0 Å². The van der Waals surface area contributed by atoms with E-state index in [-0.39, 0.29) is 17.4 Å². The maximum Gasteiger partial charge on any atom is 0.260 e. The van der Waals surface area contributed by atoms with Crippen molar-refractivity contribution in [3.63, 3.8) is 0 Å². The quantitative estimate of drug-likeness (QED) is 0.163. The third kappa shape index (κ3) is 5.38. The Morgan fingerprint density at radius 1 is 0.493 bits per heavy atom. The molecule has 2 atom stereocenters. The number of hydrogen-bond donors (Lipinski definition) is 0. The highest BCUT2D eigenvalue weighted by atomic mass is 16.1. The summed E-state index contributed by atoms with van der Waals surface area (Å²) in [6.07, 6.45) is 7.10. The summed E-state index contributed by atoms with van der Waals surface area (Å²) in [5, 5.41) is 25.0. The summed E-state index contributed by atoms with van der Waals surface area (Å²) in [5.41, 5.74) is 7.88. The molecule has 3 heteroatoms. The Hall–Kier alpha value is -8.92. The van der Waals surface area contributed by atoms with Crippen molar-refractivity contribution in [1.82, 2.24) is 4.57 Å². The number of rotatable bonds is 3. The maximum atomic E-state index is 15.3. The van der Waals surface area contributed by atoms with Gasteiger partial charge >= 0.3 is 0 Å². The van der Waals surface area contributed by atoms with Crippen LogP contribution in [0.4, 0.5) is 0 Å². The monoisotopic (exact) mass is 902 g/mol. The molecule has 2 unspecified atom stereocenters. The summed E-state index contributed by atoms with van der Waals surface area (Å²) >= 11 is 0. The minimum Gasteiger partial charge on any atom is -0.288 e. The van der Waals surface area contributed by atoms with Crippen LogP contribution in [0.5, 0.6) is 0 Å². The van der Waals surface area contributed by atoms with Gasteiger partial charge in [0.15, 0.2) is 0 Å². The molecular formula is C68H42N2O. The fraction of sp³-hybridized carbons (Fsp3) is 0.0588. The first kappa shape index (κ1) is 39.0. The number of fused-ring (bicyclic) bond motifs is 2. The number of allylic oxidation sites excluding steroid dienone is 4. The first-order valence-electron chi connectivity index (χ1n) is 24.8. The number of benzene rings is 13. The van der Waals surface area contributed by atoms with E-state index >= 15 is 4.79 Å². The van der Waals surface area contributed by atoms with E-state index in [1.54, 1.807) is 0 Å². The van der Waals surface area contributed by atoms with E-state index in [0.717, 1.165) is 44.0 Å². The second kappa shape index (κ2) is 14.1. The van der Waals surface area contributed by atoms with Crippen molar-refractivity contribution >= 4 is 119 Å². The van der Waals surface area contributed by atoms with Crippen LogP contribution in [0.2, 0.25) is 0 Å². The number of hydrogen-bond acceptors (Lipinski definition) is 2. The van der Waals surface area contributed by atoms with Gasteiger partial charge in [-0.15, -0.1) is 0 Å². The fourth-order valence-corrected chi connectivity index (χ4v) is 13.3. The molecule has 0 bridgehead atoms. The van der Waals surface area contributed by atoms with Gasteiger partial charge in [-0.25, -0.2) is 4.99 Å². The highest BCUT2D eigenvalue weighted by Crippen LogP contribution is 2.44. The van der Waals surface area contributed by atoms with Crippen LogP contribution in [0, 0.1) is 5.92 Å².